The van der Waals surface area contributed by atoms with Gasteiger partial charge in [-0.2, -0.15) is 5.26 Å². The van der Waals surface area contributed by atoms with Crippen molar-refractivity contribution in [3.63, 3.8) is 0 Å². The van der Waals surface area contributed by atoms with Crippen LogP contribution < -0.4 is 10.1 Å². The number of piperidine rings is 1. The van der Waals surface area contributed by atoms with Gasteiger partial charge in [0.25, 0.3) is 0 Å². The minimum absolute atomic E-state index is 0. The predicted molar refractivity (Wildman–Crippen MR) is 118 cm³/mol. The summed E-state index contributed by atoms with van der Waals surface area (Å²) in [4.78, 5) is 6.68. The lowest BCUT2D eigenvalue weighted by Gasteiger charge is -2.34. The van der Waals surface area contributed by atoms with Crippen molar-refractivity contribution in [3.8, 4) is 11.8 Å². The van der Waals surface area contributed by atoms with Crippen LogP contribution >= 0.6 is 24.0 Å². The molecule has 0 amide bonds. The normalized spacial score (nSPS) is 14.8. The first kappa shape index (κ1) is 21.0. The van der Waals surface area contributed by atoms with E-state index in [4.69, 9.17) is 10.00 Å². The topological polar surface area (TPSA) is 60.7 Å². The van der Waals surface area contributed by atoms with Crippen molar-refractivity contribution in [3.05, 3.63) is 65.7 Å². The first-order valence-electron chi connectivity index (χ1n) is 8.95. The Kier molecular flexibility index (Phi) is 8.40. The summed E-state index contributed by atoms with van der Waals surface area (Å²) in [5.74, 6) is 1.85. The summed E-state index contributed by atoms with van der Waals surface area (Å²) in [6, 6.07) is 19.8. The Morgan fingerprint density at radius 3 is 2.41 bits per heavy atom. The quantitative estimate of drug-likeness (QED) is 0.415. The van der Waals surface area contributed by atoms with Crippen molar-refractivity contribution >= 4 is 29.9 Å². The number of likely N-dealkylation sites (tertiary alicyclic amines) is 1. The second kappa shape index (κ2) is 10.8. The third kappa shape index (κ3) is 6.14. The summed E-state index contributed by atoms with van der Waals surface area (Å²) in [6.07, 6.45) is 2.21. The molecule has 3 rings (SSSR count). The fourth-order valence-electron chi connectivity index (χ4n) is 3.09. The molecular formula is C21H25IN4O. The summed E-state index contributed by atoms with van der Waals surface area (Å²) < 4.78 is 6.05. The first-order chi connectivity index (χ1) is 12.8. The molecule has 0 unspecified atom stereocenters. The SMILES string of the molecule is CN=C(NCc1ccc(C#N)cc1)N1CCC(Oc2ccccc2)CC1.I. The van der Waals surface area contributed by atoms with Crippen LogP contribution in [0.1, 0.15) is 24.0 Å². The minimum Gasteiger partial charge on any atom is -0.490 e. The Bertz CT molecular complexity index is 763. The molecule has 0 radical (unpaired) electrons. The first-order valence-corrected chi connectivity index (χ1v) is 8.95. The number of para-hydroxylation sites is 1. The highest BCUT2D eigenvalue weighted by atomic mass is 127. The lowest BCUT2D eigenvalue weighted by Crippen LogP contribution is -2.47. The second-order valence-corrected chi connectivity index (χ2v) is 6.33. The van der Waals surface area contributed by atoms with Crippen LogP contribution in [0, 0.1) is 11.3 Å². The molecule has 2 aromatic rings. The van der Waals surface area contributed by atoms with Crippen LogP contribution in [0.4, 0.5) is 0 Å². The number of benzene rings is 2. The van der Waals surface area contributed by atoms with Gasteiger partial charge in [-0.05, 0) is 29.8 Å². The van der Waals surface area contributed by atoms with Crippen molar-refractivity contribution < 1.29 is 4.74 Å². The average Bonchev–Trinajstić information content (AvgIpc) is 2.71. The number of halogens is 1. The van der Waals surface area contributed by atoms with Crippen molar-refractivity contribution in [1.82, 2.24) is 10.2 Å². The Labute approximate surface area is 178 Å². The highest BCUT2D eigenvalue weighted by Gasteiger charge is 2.22. The molecular weight excluding hydrogens is 451 g/mol. The standard InChI is InChI=1S/C21H24N4O.HI/c1-23-21(24-16-18-9-7-17(15-22)8-10-18)25-13-11-20(12-14-25)26-19-5-3-2-4-6-19;/h2-10,20H,11-14,16H2,1H3,(H,23,24);1H. The third-order valence-electron chi connectivity index (χ3n) is 4.53. The van der Waals surface area contributed by atoms with Gasteiger partial charge in [-0.15, -0.1) is 24.0 Å². The number of guanidine groups is 1. The van der Waals surface area contributed by atoms with Crippen LogP contribution in [0.2, 0.25) is 0 Å². The molecule has 2 aromatic carbocycles. The highest BCUT2D eigenvalue weighted by molar-refractivity contribution is 14.0. The smallest absolute Gasteiger partial charge is 0.193 e. The monoisotopic (exact) mass is 476 g/mol. The molecule has 142 valence electrons. The van der Waals surface area contributed by atoms with Gasteiger partial charge in [-0.3, -0.25) is 4.99 Å². The summed E-state index contributed by atoms with van der Waals surface area (Å²) in [7, 11) is 1.81. The number of hydrogen-bond acceptors (Lipinski definition) is 3. The number of aliphatic imine (C=N–C) groups is 1. The van der Waals surface area contributed by atoms with Gasteiger partial charge in [0.05, 0.1) is 11.6 Å². The number of nitrogens with zero attached hydrogens (tertiary/aromatic N) is 3. The number of ether oxygens (including phenoxy) is 1. The molecule has 0 atom stereocenters. The fraction of sp³-hybridized carbons (Fsp3) is 0.333. The van der Waals surface area contributed by atoms with E-state index in [0.29, 0.717) is 12.1 Å². The zero-order chi connectivity index (χ0) is 18.2. The van der Waals surface area contributed by atoms with Crippen LogP contribution in [0.5, 0.6) is 5.75 Å². The Balaban J connectivity index is 0.00000261. The molecule has 0 saturated carbocycles. The van der Waals surface area contributed by atoms with E-state index in [1.54, 1.807) is 0 Å². The van der Waals surface area contributed by atoms with Crippen LogP contribution in [0.25, 0.3) is 0 Å². The van der Waals surface area contributed by atoms with Crippen LogP contribution in [-0.2, 0) is 6.54 Å². The van der Waals surface area contributed by atoms with E-state index in [2.05, 4.69) is 21.3 Å². The molecule has 0 bridgehead atoms. The van der Waals surface area contributed by atoms with E-state index < -0.39 is 0 Å². The molecule has 1 N–H and O–H groups in total. The van der Waals surface area contributed by atoms with Crippen molar-refractivity contribution in [2.24, 2.45) is 4.99 Å². The molecule has 1 aliphatic heterocycles. The number of nitriles is 1. The largest absolute Gasteiger partial charge is 0.490 e. The van der Waals surface area contributed by atoms with Gasteiger partial charge in [0.15, 0.2) is 5.96 Å². The average molecular weight is 476 g/mol. The summed E-state index contributed by atoms with van der Waals surface area (Å²) >= 11 is 0. The van der Waals surface area contributed by atoms with E-state index >= 15 is 0 Å². The third-order valence-corrected chi connectivity index (χ3v) is 4.53. The minimum atomic E-state index is 0. The molecule has 1 heterocycles. The lowest BCUT2D eigenvalue weighted by atomic mass is 10.1. The zero-order valence-corrected chi connectivity index (χ0v) is 17.8. The van der Waals surface area contributed by atoms with Crippen molar-refractivity contribution in [1.29, 1.82) is 5.26 Å². The molecule has 6 heteroatoms. The lowest BCUT2D eigenvalue weighted by molar-refractivity contribution is 0.129. The van der Waals surface area contributed by atoms with Gasteiger partial charge in [-0.25, -0.2) is 0 Å². The molecule has 1 saturated heterocycles. The van der Waals surface area contributed by atoms with Crippen LogP contribution in [0.15, 0.2) is 59.6 Å². The van der Waals surface area contributed by atoms with Gasteiger partial charge < -0.3 is 15.0 Å². The number of rotatable bonds is 4. The van der Waals surface area contributed by atoms with E-state index in [9.17, 15) is 0 Å². The van der Waals surface area contributed by atoms with Gasteiger partial charge in [0.2, 0.25) is 0 Å². The molecule has 5 nitrogen and oxygen atoms in total. The Morgan fingerprint density at radius 2 is 1.81 bits per heavy atom. The highest BCUT2D eigenvalue weighted by Crippen LogP contribution is 2.18. The maximum atomic E-state index is 8.87. The van der Waals surface area contributed by atoms with Crippen LogP contribution in [-0.4, -0.2) is 37.1 Å². The van der Waals surface area contributed by atoms with E-state index in [1.165, 1.54) is 0 Å². The molecule has 27 heavy (non-hydrogen) atoms. The summed E-state index contributed by atoms with van der Waals surface area (Å²) in [6.45, 7) is 2.54. The molecule has 0 spiro atoms. The van der Waals surface area contributed by atoms with E-state index in [1.807, 2.05) is 61.6 Å². The maximum Gasteiger partial charge on any atom is 0.193 e. The molecule has 0 aromatic heterocycles. The van der Waals surface area contributed by atoms with Gasteiger partial charge in [-0.1, -0.05) is 30.3 Å². The molecule has 1 fully saturated rings. The number of nitrogens with one attached hydrogen (secondary N) is 1. The van der Waals surface area contributed by atoms with E-state index in [-0.39, 0.29) is 30.1 Å². The summed E-state index contributed by atoms with van der Waals surface area (Å²) in [5.41, 5.74) is 1.81. The predicted octanol–water partition coefficient (Wildman–Crippen LogP) is 3.80. The number of hydrogen-bond donors (Lipinski definition) is 1. The van der Waals surface area contributed by atoms with E-state index in [0.717, 1.165) is 43.2 Å². The van der Waals surface area contributed by atoms with Gasteiger partial charge in [0, 0.05) is 39.5 Å². The van der Waals surface area contributed by atoms with Crippen LogP contribution in [0.3, 0.4) is 0 Å². The summed E-state index contributed by atoms with van der Waals surface area (Å²) in [5, 5.41) is 12.3. The van der Waals surface area contributed by atoms with Gasteiger partial charge >= 0.3 is 0 Å². The van der Waals surface area contributed by atoms with Crippen molar-refractivity contribution in [2.75, 3.05) is 20.1 Å². The Hall–Kier alpha value is -2.27. The second-order valence-electron chi connectivity index (χ2n) is 6.33. The molecule has 0 aliphatic carbocycles. The van der Waals surface area contributed by atoms with Crippen molar-refractivity contribution in [2.45, 2.75) is 25.5 Å². The fourth-order valence-corrected chi connectivity index (χ4v) is 3.09. The zero-order valence-electron chi connectivity index (χ0n) is 15.5. The van der Waals surface area contributed by atoms with Gasteiger partial charge in [0.1, 0.15) is 11.9 Å². The Morgan fingerprint density at radius 1 is 1.15 bits per heavy atom. The maximum absolute atomic E-state index is 8.87. The molecule has 1 aliphatic rings.